The molecule has 0 N–H and O–H groups in total. The molecule has 3 aromatic rings. The van der Waals surface area contributed by atoms with Crippen molar-refractivity contribution in [3.8, 4) is 17.1 Å². The highest BCUT2D eigenvalue weighted by atomic mass is 32.2. The Morgan fingerprint density at radius 2 is 1.84 bits per heavy atom. The van der Waals surface area contributed by atoms with E-state index in [0.29, 0.717) is 16.7 Å². The molecule has 6 nitrogen and oxygen atoms in total. The molecule has 1 aliphatic rings. The lowest BCUT2D eigenvalue weighted by Gasteiger charge is -2.31. The molecule has 7 heteroatoms. The number of carbonyl (C=O) groups is 1. The van der Waals surface area contributed by atoms with Gasteiger partial charge in [0.1, 0.15) is 0 Å². The number of benzene rings is 2. The van der Waals surface area contributed by atoms with E-state index in [-0.39, 0.29) is 5.91 Å². The molecule has 1 aliphatic heterocycles. The van der Waals surface area contributed by atoms with Gasteiger partial charge in [0, 0.05) is 18.1 Å². The second-order valence-electron chi connectivity index (χ2n) is 7.86. The Labute approximate surface area is 187 Å². The second kappa shape index (κ2) is 8.30. The molecule has 1 atom stereocenters. The predicted octanol–water partition coefficient (Wildman–Crippen LogP) is 5.33. The van der Waals surface area contributed by atoms with Gasteiger partial charge in [-0.3, -0.25) is 9.69 Å². The SMILES string of the molecule is CCSc1nnc2c(n1)OC(c1ccc(C)c(C)c1)N(C(C)=O)c1c(C)cc(C)cc1-2. The first-order chi connectivity index (χ1) is 14.8. The van der Waals surface area contributed by atoms with Crippen LogP contribution in [-0.2, 0) is 4.79 Å². The van der Waals surface area contributed by atoms with E-state index < -0.39 is 6.23 Å². The molecule has 0 saturated carbocycles. The molecule has 2 heterocycles. The van der Waals surface area contributed by atoms with Crippen molar-refractivity contribution in [3.05, 3.63) is 58.1 Å². The van der Waals surface area contributed by atoms with E-state index in [1.54, 1.807) is 11.8 Å². The molecule has 0 radical (unpaired) electrons. The van der Waals surface area contributed by atoms with Gasteiger partial charge in [0.25, 0.3) is 0 Å². The molecular weight excluding hydrogens is 408 g/mol. The normalized spacial score (nSPS) is 15.0. The second-order valence-corrected chi connectivity index (χ2v) is 9.09. The van der Waals surface area contributed by atoms with Crippen LogP contribution in [0.25, 0.3) is 11.3 Å². The molecule has 0 spiro atoms. The number of aromatic nitrogens is 3. The summed E-state index contributed by atoms with van der Waals surface area (Å²) in [4.78, 5) is 19.4. The molecule has 0 bridgehead atoms. The highest BCUT2D eigenvalue weighted by Gasteiger charge is 2.36. The number of rotatable bonds is 3. The van der Waals surface area contributed by atoms with Gasteiger partial charge in [-0.2, -0.15) is 4.98 Å². The van der Waals surface area contributed by atoms with E-state index in [4.69, 9.17) is 4.74 Å². The van der Waals surface area contributed by atoms with E-state index in [1.165, 1.54) is 17.3 Å². The van der Waals surface area contributed by atoms with Crippen molar-refractivity contribution in [1.29, 1.82) is 0 Å². The monoisotopic (exact) mass is 434 g/mol. The van der Waals surface area contributed by atoms with Crippen LogP contribution in [0.15, 0.2) is 35.5 Å². The molecule has 2 aromatic carbocycles. The number of anilines is 1. The maximum absolute atomic E-state index is 13.0. The zero-order chi connectivity index (χ0) is 22.3. The highest BCUT2D eigenvalue weighted by Crippen LogP contribution is 2.45. The van der Waals surface area contributed by atoms with Crippen molar-refractivity contribution < 1.29 is 9.53 Å². The predicted molar refractivity (Wildman–Crippen MR) is 124 cm³/mol. The van der Waals surface area contributed by atoms with E-state index in [0.717, 1.165) is 39.3 Å². The number of nitrogens with zero attached hydrogens (tertiary/aromatic N) is 4. The number of hydrogen-bond donors (Lipinski definition) is 0. The van der Waals surface area contributed by atoms with Gasteiger partial charge in [-0.05, 0) is 56.2 Å². The third-order valence-electron chi connectivity index (χ3n) is 5.46. The van der Waals surface area contributed by atoms with Crippen LogP contribution in [0.1, 0.15) is 47.9 Å². The molecule has 1 amide bonds. The van der Waals surface area contributed by atoms with E-state index >= 15 is 0 Å². The van der Waals surface area contributed by atoms with Gasteiger partial charge < -0.3 is 4.74 Å². The van der Waals surface area contributed by atoms with Crippen LogP contribution in [0, 0.1) is 27.7 Å². The summed E-state index contributed by atoms with van der Waals surface area (Å²) in [5, 5.41) is 9.33. The number of thioether (sulfide) groups is 1. The minimum absolute atomic E-state index is 0.111. The van der Waals surface area contributed by atoms with Gasteiger partial charge in [-0.25, -0.2) is 0 Å². The summed E-state index contributed by atoms with van der Waals surface area (Å²) in [6.45, 7) is 11.8. The lowest BCUT2D eigenvalue weighted by atomic mass is 9.99. The summed E-state index contributed by atoms with van der Waals surface area (Å²) in [5.74, 6) is 1.11. The van der Waals surface area contributed by atoms with E-state index in [9.17, 15) is 4.79 Å². The Morgan fingerprint density at radius 3 is 2.52 bits per heavy atom. The molecule has 31 heavy (non-hydrogen) atoms. The van der Waals surface area contributed by atoms with Crippen LogP contribution in [-0.4, -0.2) is 26.8 Å². The minimum atomic E-state index is -0.658. The lowest BCUT2D eigenvalue weighted by Crippen LogP contribution is -2.36. The third-order valence-corrected chi connectivity index (χ3v) is 6.18. The summed E-state index contributed by atoms with van der Waals surface area (Å²) >= 11 is 1.51. The molecule has 0 aliphatic carbocycles. The summed E-state index contributed by atoms with van der Waals surface area (Å²) in [6.07, 6.45) is -0.658. The van der Waals surface area contributed by atoms with Gasteiger partial charge in [0.2, 0.25) is 23.2 Å². The molecule has 160 valence electrons. The standard InChI is InChI=1S/C24H26N4O2S/c1-7-31-24-25-22-20(26-27-24)19-11-13(2)10-16(5)21(19)28(17(6)29)23(30-22)18-9-8-14(3)15(4)12-18/h8-12,23H,7H2,1-6H3. The van der Waals surface area contributed by atoms with E-state index in [2.05, 4.69) is 47.2 Å². The van der Waals surface area contributed by atoms with Crippen molar-refractivity contribution >= 4 is 23.4 Å². The number of hydrogen-bond acceptors (Lipinski definition) is 6. The summed E-state index contributed by atoms with van der Waals surface area (Å²) in [7, 11) is 0. The maximum Gasteiger partial charge on any atom is 0.247 e. The Kier molecular flexibility index (Phi) is 5.71. The van der Waals surface area contributed by atoms with Gasteiger partial charge in [-0.1, -0.05) is 48.5 Å². The first-order valence-corrected chi connectivity index (χ1v) is 11.3. The molecular formula is C24H26N4O2S. The number of fused-ring (bicyclic) bond motifs is 3. The average Bonchev–Trinajstić information content (AvgIpc) is 2.85. The summed E-state index contributed by atoms with van der Waals surface area (Å²) < 4.78 is 6.45. The zero-order valence-corrected chi connectivity index (χ0v) is 19.5. The molecule has 1 unspecified atom stereocenters. The fourth-order valence-electron chi connectivity index (χ4n) is 3.93. The highest BCUT2D eigenvalue weighted by molar-refractivity contribution is 7.99. The summed E-state index contributed by atoms with van der Waals surface area (Å²) in [5.41, 5.74) is 7.41. The Bertz CT molecular complexity index is 1180. The Hall–Kier alpha value is -2.93. The quantitative estimate of drug-likeness (QED) is 0.519. The van der Waals surface area contributed by atoms with Crippen LogP contribution in [0.5, 0.6) is 5.88 Å². The van der Waals surface area contributed by atoms with Gasteiger partial charge >= 0.3 is 0 Å². The van der Waals surface area contributed by atoms with Crippen LogP contribution in [0.2, 0.25) is 0 Å². The molecule has 1 aromatic heterocycles. The number of ether oxygens (including phenoxy) is 1. The molecule has 0 saturated heterocycles. The fraction of sp³-hybridized carbons (Fsp3) is 0.333. The van der Waals surface area contributed by atoms with Gasteiger partial charge in [0.05, 0.1) is 5.69 Å². The number of carbonyl (C=O) groups excluding carboxylic acids is 1. The third kappa shape index (κ3) is 3.90. The van der Waals surface area contributed by atoms with Crippen LogP contribution in [0.3, 0.4) is 0 Å². The van der Waals surface area contributed by atoms with Crippen molar-refractivity contribution in [2.75, 3.05) is 10.7 Å². The fourth-order valence-corrected chi connectivity index (χ4v) is 4.44. The van der Waals surface area contributed by atoms with Gasteiger partial charge in [0.15, 0.2) is 5.69 Å². The average molecular weight is 435 g/mol. The van der Waals surface area contributed by atoms with Crippen LogP contribution >= 0.6 is 11.8 Å². The molecule has 4 rings (SSSR count). The van der Waals surface area contributed by atoms with Crippen LogP contribution in [0.4, 0.5) is 5.69 Å². The maximum atomic E-state index is 13.0. The number of aryl methyl sites for hydroxylation is 4. The Morgan fingerprint density at radius 1 is 1.06 bits per heavy atom. The van der Waals surface area contributed by atoms with Crippen molar-refractivity contribution in [2.24, 2.45) is 0 Å². The first-order valence-electron chi connectivity index (χ1n) is 10.3. The van der Waals surface area contributed by atoms with Gasteiger partial charge in [-0.15, -0.1) is 10.2 Å². The van der Waals surface area contributed by atoms with Crippen molar-refractivity contribution in [3.63, 3.8) is 0 Å². The summed E-state index contributed by atoms with van der Waals surface area (Å²) in [6, 6.07) is 10.2. The topological polar surface area (TPSA) is 68.2 Å². The minimum Gasteiger partial charge on any atom is -0.447 e. The van der Waals surface area contributed by atoms with Crippen molar-refractivity contribution in [2.45, 2.75) is 52.9 Å². The van der Waals surface area contributed by atoms with Crippen molar-refractivity contribution in [1.82, 2.24) is 15.2 Å². The smallest absolute Gasteiger partial charge is 0.247 e. The largest absolute Gasteiger partial charge is 0.447 e. The first kappa shape index (κ1) is 21.3. The molecule has 0 fully saturated rings. The van der Waals surface area contributed by atoms with E-state index in [1.807, 2.05) is 32.9 Å². The Balaban J connectivity index is 2.02. The number of amides is 1. The lowest BCUT2D eigenvalue weighted by molar-refractivity contribution is -0.118. The van der Waals surface area contributed by atoms with Crippen LogP contribution < -0.4 is 9.64 Å². The zero-order valence-electron chi connectivity index (χ0n) is 18.7.